The van der Waals surface area contributed by atoms with E-state index < -0.39 is 0 Å². The zero-order chi connectivity index (χ0) is 18.6. The van der Waals surface area contributed by atoms with Gasteiger partial charge in [0, 0.05) is 32.2 Å². The fourth-order valence-electron chi connectivity index (χ4n) is 2.94. The van der Waals surface area contributed by atoms with Gasteiger partial charge in [-0.15, -0.1) is 6.58 Å². The van der Waals surface area contributed by atoms with E-state index in [0.717, 1.165) is 44.3 Å². The Morgan fingerprint density at radius 2 is 2.23 bits per heavy atom. The molecule has 4 nitrogen and oxygen atoms in total. The van der Waals surface area contributed by atoms with Gasteiger partial charge in [-0.2, -0.15) is 0 Å². The second kappa shape index (κ2) is 11.5. The second-order valence-corrected chi connectivity index (χ2v) is 6.42. The number of hydrogen-bond donors (Lipinski definition) is 0. The zero-order valence-electron chi connectivity index (χ0n) is 15.7. The van der Waals surface area contributed by atoms with Crippen LogP contribution in [0.5, 0.6) is 0 Å². The number of carbonyl (C=O) groups excluding carboxylic acids is 1. The molecule has 1 aliphatic rings. The molecule has 1 amide bonds. The maximum Gasteiger partial charge on any atom is 0.220 e. The van der Waals surface area contributed by atoms with Crippen LogP contribution in [0.25, 0.3) is 0 Å². The molecule has 0 spiro atoms. The Kier molecular flexibility index (Phi) is 8.95. The Bertz CT molecular complexity index is 611. The van der Waals surface area contributed by atoms with Crippen LogP contribution in [-0.2, 0) is 14.3 Å². The van der Waals surface area contributed by atoms with Crippen molar-refractivity contribution < 1.29 is 14.3 Å². The monoisotopic (exact) mass is 355 g/mol. The summed E-state index contributed by atoms with van der Waals surface area (Å²) in [7, 11) is 0. The van der Waals surface area contributed by atoms with Crippen molar-refractivity contribution in [1.29, 1.82) is 0 Å². The summed E-state index contributed by atoms with van der Waals surface area (Å²) in [6.45, 7) is 7.23. The molecule has 0 N–H and O–H groups in total. The number of rotatable bonds is 8. The van der Waals surface area contributed by atoms with Crippen LogP contribution < -0.4 is 0 Å². The van der Waals surface area contributed by atoms with E-state index in [-0.39, 0.29) is 18.2 Å². The smallest absolute Gasteiger partial charge is 0.220 e. The number of carbonyl (C=O) groups is 1. The van der Waals surface area contributed by atoms with Crippen molar-refractivity contribution in [3.05, 3.63) is 48.6 Å². The Balaban J connectivity index is 1.94. The van der Waals surface area contributed by atoms with Gasteiger partial charge in [-0.05, 0) is 44.2 Å². The number of nitrogens with zero attached hydrogens (tertiary/aromatic N) is 1. The molecule has 0 radical (unpaired) electrons. The average Bonchev–Trinajstić information content (AvgIpc) is 2.67. The van der Waals surface area contributed by atoms with Gasteiger partial charge in [0.15, 0.2) is 6.29 Å². The highest BCUT2D eigenvalue weighted by Crippen LogP contribution is 2.15. The van der Waals surface area contributed by atoms with Crippen LogP contribution in [0.15, 0.2) is 43.0 Å². The summed E-state index contributed by atoms with van der Waals surface area (Å²) in [4.78, 5) is 13.8. The van der Waals surface area contributed by atoms with E-state index in [1.54, 1.807) is 17.9 Å². The van der Waals surface area contributed by atoms with Gasteiger partial charge in [0.1, 0.15) is 0 Å². The molecule has 1 aromatic rings. The highest BCUT2D eigenvalue weighted by molar-refractivity contribution is 5.74. The highest BCUT2D eigenvalue weighted by Gasteiger charge is 2.18. The molecule has 1 aliphatic heterocycles. The number of ether oxygens (including phenoxy) is 2. The van der Waals surface area contributed by atoms with Crippen LogP contribution in [0.2, 0.25) is 0 Å². The third-order valence-corrected chi connectivity index (χ3v) is 4.33. The first-order valence-corrected chi connectivity index (χ1v) is 9.38. The maximum atomic E-state index is 12.0. The lowest BCUT2D eigenvalue weighted by Gasteiger charge is -2.27. The second-order valence-electron chi connectivity index (χ2n) is 6.42. The first-order valence-electron chi connectivity index (χ1n) is 9.38. The molecule has 0 aliphatic carbocycles. The molecule has 1 fully saturated rings. The van der Waals surface area contributed by atoms with Gasteiger partial charge >= 0.3 is 0 Å². The van der Waals surface area contributed by atoms with E-state index in [0.29, 0.717) is 13.2 Å². The van der Waals surface area contributed by atoms with E-state index in [4.69, 9.17) is 9.47 Å². The third-order valence-electron chi connectivity index (χ3n) is 4.33. The molecular weight excluding hydrogens is 326 g/mol. The SMILES string of the molecule is C=CCN(C(C)=O)C(C#Cc1ccccc1)CCCOC1CCCCO1. The van der Waals surface area contributed by atoms with Gasteiger partial charge in [0.05, 0.1) is 6.04 Å². The van der Waals surface area contributed by atoms with Crippen LogP contribution in [0.4, 0.5) is 0 Å². The standard InChI is InChI=1S/C22H29NO3/c1-3-16-23(19(2)24)21(15-14-20-10-5-4-6-11-20)12-9-18-26-22-13-7-8-17-25-22/h3-6,10-11,21-22H,1,7-9,12-13,16-18H2,2H3. The normalized spacial score (nSPS) is 17.7. The zero-order valence-corrected chi connectivity index (χ0v) is 15.7. The molecule has 1 aromatic carbocycles. The Labute approximate surface area is 157 Å². The number of hydrogen-bond acceptors (Lipinski definition) is 3. The minimum atomic E-state index is -0.151. The molecule has 0 saturated carbocycles. The molecule has 140 valence electrons. The Hall–Kier alpha value is -2.09. The third kappa shape index (κ3) is 7.03. The van der Waals surface area contributed by atoms with Crippen LogP contribution in [0, 0.1) is 11.8 Å². The highest BCUT2D eigenvalue weighted by atomic mass is 16.7. The topological polar surface area (TPSA) is 38.8 Å². The first kappa shape index (κ1) is 20.2. The molecule has 26 heavy (non-hydrogen) atoms. The average molecular weight is 355 g/mol. The lowest BCUT2D eigenvalue weighted by molar-refractivity contribution is -0.163. The molecule has 0 aromatic heterocycles. The summed E-state index contributed by atoms with van der Waals surface area (Å²) in [5.74, 6) is 6.45. The van der Waals surface area contributed by atoms with E-state index in [1.807, 2.05) is 30.3 Å². The summed E-state index contributed by atoms with van der Waals surface area (Å²) < 4.78 is 11.4. The molecule has 2 rings (SSSR count). The maximum absolute atomic E-state index is 12.0. The van der Waals surface area contributed by atoms with Crippen LogP contribution in [0.1, 0.15) is 44.6 Å². The molecule has 1 saturated heterocycles. The van der Waals surface area contributed by atoms with E-state index >= 15 is 0 Å². The van der Waals surface area contributed by atoms with Gasteiger partial charge in [-0.3, -0.25) is 4.79 Å². The molecule has 4 heteroatoms. The van der Waals surface area contributed by atoms with Crippen molar-refractivity contribution in [2.75, 3.05) is 19.8 Å². The largest absolute Gasteiger partial charge is 0.353 e. The van der Waals surface area contributed by atoms with Crippen molar-refractivity contribution in [2.24, 2.45) is 0 Å². The Morgan fingerprint density at radius 1 is 1.42 bits per heavy atom. The summed E-state index contributed by atoms with van der Waals surface area (Å²) >= 11 is 0. The summed E-state index contributed by atoms with van der Waals surface area (Å²) in [6, 6.07) is 9.68. The summed E-state index contributed by atoms with van der Waals surface area (Å²) in [5.41, 5.74) is 0.950. The van der Waals surface area contributed by atoms with E-state index in [1.165, 1.54) is 0 Å². The van der Waals surface area contributed by atoms with Gasteiger partial charge in [-0.1, -0.05) is 36.1 Å². The lowest BCUT2D eigenvalue weighted by atomic mass is 10.1. The summed E-state index contributed by atoms with van der Waals surface area (Å²) in [6.07, 6.45) is 6.50. The van der Waals surface area contributed by atoms with Gasteiger partial charge in [-0.25, -0.2) is 0 Å². The molecule has 0 bridgehead atoms. The molecule has 2 unspecified atom stereocenters. The van der Waals surface area contributed by atoms with Crippen molar-refractivity contribution in [2.45, 2.75) is 51.4 Å². The van der Waals surface area contributed by atoms with Crippen molar-refractivity contribution in [3.63, 3.8) is 0 Å². The van der Waals surface area contributed by atoms with Gasteiger partial charge in [0.25, 0.3) is 0 Å². The minimum absolute atomic E-state index is 0.00814. The fraction of sp³-hybridized carbons (Fsp3) is 0.500. The van der Waals surface area contributed by atoms with Crippen molar-refractivity contribution in [3.8, 4) is 11.8 Å². The molecule has 1 heterocycles. The number of benzene rings is 1. The quantitative estimate of drug-likeness (QED) is 0.405. The first-order chi connectivity index (χ1) is 12.7. The fourth-order valence-corrected chi connectivity index (χ4v) is 2.94. The lowest BCUT2D eigenvalue weighted by Crippen LogP contribution is -2.38. The van der Waals surface area contributed by atoms with Crippen LogP contribution >= 0.6 is 0 Å². The minimum Gasteiger partial charge on any atom is -0.353 e. The predicted octanol–water partition coefficient (Wildman–Crippen LogP) is 3.76. The van der Waals surface area contributed by atoms with Crippen molar-refractivity contribution >= 4 is 5.91 Å². The van der Waals surface area contributed by atoms with Gasteiger partial charge in [0.2, 0.25) is 5.91 Å². The summed E-state index contributed by atoms with van der Waals surface area (Å²) in [5, 5.41) is 0. The Morgan fingerprint density at radius 3 is 2.88 bits per heavy atom. The molecule has 2 atom stereocenters. The van der Waals surface area contributed by atoms with Crippen molar-refractivity contribution in [1.82, 2.24) is 4.90 Å². The van der Waals surface area contributed by atoms with Crippen LogP contribution in [0.3, 0.4) is 0 Å². The van der Waals surface area contributed by atoms with E-state index in [9.17, 15) is 4.79 Å². The van der Waals surface area contributed by atoms with Gasteiger partial charge < -0.3 is 14.4 Å². The van der Waals surface area contributed by atoms with E-state index in [2.05, 4.69) is 18.4 Å². The predicted molar refractivity (Wildman–Crippen MR) is 103 cm³/mol. The number of amides is 1. The molecular formula is C22H29NO3. The van der Waals surface area contributed by atoms with Crippen LogP contribution in [-0.4, -0.2) is 42.9 Å².